The van der Waals surface area contributed by atoms with Crippen LogP contribution in [0, 0.1) is 12.8 Å². The van der Waals surface area contributed by atoms with Crippen molar-refractivity contribution in [2.24, 2.45) is 13.0 Å². The molecule has 4 rings (SSSR count). The summed E-state index contributed by atoms with van der Waals surface area (Å²) >= 11 is 0. The van der Waals surface area contributed by atoms with Crippen molar-refractivity contribution < 1.29 is 8.98 Å². The molecule has 126 valence electrons. The molecule has 0 fully saturated rings. The number of para-hydroxylation sites is 1. The topological polar surface area (TPSA) is 17.0 Å². The summed E-state index contributed by atoms with van der Waals surface area (Å²) in [6.07, 6.45) is 3.24. The van der Waals surface area contributed by atoms with E-state index in [0.717, 1.165) is 23.5 Å². The van der Waals surface area contributed by atoms with Crippen molar-refractivity contribution in [1.29, 1.82) is 0 Å². The maximum atomic E-state index is 6.25. The Balaban J connectivity index is 1.96. The molecule has 2 nitrogen and oxygen atoms in total. The first-order chi connectivity index (χ1) is 12.0. The van der Waals surface area contributed by atoms with Crippen molar-refractivity contribution in [3.05, 3.63) is 65.9 Å². The first kappa shape index (κ1) is 15.9. The monoisotopic (exact) mass is 330 g/mol. The Labute approximate surface area is 148 Å². The summed E-state index contributed by atoms with van der Waals surface area (Å²) in [5.74, 6) is 1.63. The Hall–Kier alpha value is -2.61. The van der Waals surface area contributed by atoms with Gasteiger partial charge < -0.3 is 4.42 Å². The Morgan fingerprint density at radius 2 is 1.80 bits per heavy atom. The average Bonchev–Trinajstić information content (AvgIpc) is 2.91. The molecule has 2 aromatic heterocycles. The summed E-state index contributed by atoms with van der Waals surface area (Å²) < 4.78 is 8.41. The molecular formula is C23H24NO+. The van der Waals surface area contributed by atoms with Gasteiger partial charge in [0.15, 0.2) is 6.20 Å². The Morgan fingerprint density at radius 3 is 2.56 bits per heavy atom. The molecule has 0 amide bonds. The predicted molar refractivity (Wildman–Crippen MR) is 104 cm³/mol. The summed E-state index contributed by atoms with van der Waals surface area (Å²) in [4.78, 5) is 0. The molecule has 0 N–H and O–H groups in total. The van der Waals surface area contributed by atoms with Gasteiger partial charge in [0.05, 0.1) is 5.39 Å². The van der Waals surface area contributed by atoms with Gasteiger partial charge in [0, 0.05) is 17.0 Å². The van der Waals surface area contributed by atoms with Crippen LogP contribution in [0.4, 0.5) is 0 Å². The third-order valence-electron chi connectivity index (χ3n) is 4.90. The van der Waals surface area contributed by atoms with Gasteiger partial charge in [-0.3, -0.25) is 0 Å². The molecule has 2 heteroatoms. The average molecular weight is 330 g/mol. The summed E-state index contributed by atoms with van der Waals surface area (Å²) in [5, 5.41) is 3.69. The Bertz CT molecular complexity index is 1070. The van der Waals surface area contributed by atoms with E-state index in [1.54, 1.807) is 0 Å². The van der Waals surface area contributed by atoms with Crippen LogP contribution in [0.5, 0.6) is 0 Å². The van der Waals surface area contributed by atoms with Gasteiger partial charge in [0.25, 0.3) is 5.69 Å². The maximum Gasteiger partial charge on any atom is 0.256 e. The summed E-state index contributed by atoms with van der Waals surface area (Å²) in [7, 11) is 2.09. The molecule has 2 heterocycles. The van der Waals surface area contributed by atoms with E-state index in [2.05, 4.69) is 75.0 Å². The first-order valence-electron chi connectivity index (χ1n) is 8.94. The molecule has 0 aliphatic carbocycles. The second kappa shape index (κ2) is 6.03. The fourth-order valence-corrected chi connectivity index (χ4v) is 3.70. The highest BCUT2D eigenvalue weighted by Gasteiger charge is 2.22. The standard InChI is InChI=1S/C23H24NO/c1-15(2)13-17-9-10-20-18(14-17)11-12-24(4)22(20)23-16(3)19-7-5-6-8-21(19)25-23/h5-12,14-15H,13H2,1-4H3/q+1. The first-order valence-corrected chi connectivity index (χ1v) is 8.94. The van der Waals surface area contributed by atoms with Crippen LogP contribution in [0.2, 0.25) is 0 Å². The van der Waals surface area contributed by atoms with E-state index in [-0.39, 0.29) is 0 Å². The van der Waals surface area contributed by atoms with Crippen molar-refractivity contribution in [1.82, 2.24) is 0 Å². The highest BCUT2D eigenvalue weighted by atomic mass is 16.3. The van der Waals surface area contributed by atoms with Gasteiger partial charge in [-0.05, 0) is 42.3 Å². The molecule has 0 bridgehead atoms. The van der Waals surface area contributed by atoms with Crippen molar-refractivity contribution >= 4 is 21.7 Å². The van der Waals surface area contributed by atoms with E-state index >= 15 is 0 Å². The number of aryl methyl sites for hydroxylation is 2. The molecule has 0 saturated carbocycles. The predicted octanol–water partition coefficient (Wildman–Crippen LogP) is 5.58. The normalized spacial score (nSPS) is 11.7. The molecule has 0 atom stereocenters. The zero-order valence-corrected chi connectivity index (χ0v) is 15.3. The number of aromatic nitrogens is 1. The van der Waals surface area contributed by atoms with Crippen molar-refractivity contribution in [3.63, 3.8) is 0 Å². The molecule has 0 aliphatic heterocycles. The van der Waals surface area contributed by atoms with Gasteiger partial charge in [0.2, 0.25) is 5.76 Å². The minimum absolute atomic E-state index is 0.661. The molecule has 0 unspecified atom stereocenters. The van der Waals surface area contributed by atoms with Gasteiger partial charge in [-0.25, -0.2) is 0 Å². The lowest BCUT2D eigenvalue weighted by atomic mass is 9.98. The maximum absolute atomic E-state index is 6.25. The molecule has 2 aromatic carbocycles. The van der Waals surface area contributed by atoms with Crippen molar-refractivity contribution in [3.8, 4) is 11.5 Å². The van der Waals surface area contributed by atoms with Crippen LogP contribution in [0.1, 0.15) is 25.0 Å². The quantitative estimate of drug-likeness (QED) is 0.448. The van der Waals surface area contributed by atoms with E-state index in [0.29, 0.717) is 5.92 Å². The third-order valence-corrected chi connectivity index (χ3v) is 4.90. The minimum atomic E-state index is 0.661. The van der Waals surface area contributed by atoms with Crippen LogP contribution in [0.15, 0.2) is 59.1 Å². The number of nitrogens with zero attached hydrogens (tertiary/aromatic N) is 1. The number of rotatable bonds is 3. The van der Waals surface area contributed by atoms with E-state index in [1.165, 1.54) is 27.3 Å². The van der Waals surface area contributed by atoms with Crippen LogP contribution in [0.25, 0.3) is 33.2 Å². The van der Waals surface area contributed by atoms with Gasteiger partial charge in [-0.15, -0.1) is 0 Å². The number of benzene rings is 2. The van der Waals surface area contributed by atoms with Crippen molar-refractivity contribution in [2.75, 3.05) is 0 Å². The second-order valence-corrected chi connectivity index (χ2v) is 7.35. The summed E-state index contributed by atoms with van der Waals surface area (Å²) in [5.41, 5.74) is 4.68. The number of furan rings is 1. The number of fused-ring (bicyclic) bond motifs is 2. The van der Waals surface area contributed by atoms with E-state index in [9.17, 15) is 0 Å². The van der Waals surface area contributed by atoms with Gasteiger partial charge in [-0.2, -0.15) is 4.57 Å². The van der Waals surface area contributed by atoms with E-state index in [4.69, 9.17) is 4.42 Å². The highest BCUT2D eigenvalue weighted by molar-refractivity contribution is 5.96. The molecule has 0 saturated heterocycles. The Morgan fingerprint density at radius 1 is 1.00 bits per heavy atom. The van der Waals surface area contributed by atoms with Crippen LogP contribution in [-0.4, -0.2) is 0 Å². The van der Waals surface area contributed by atoms with Gasteiger partial charge >= 0.3 is 0 Å². The number of hydrogen-bond donors (Lipinski definition) is 0. The molecular weight excluding hydrogens is 306 g/mol. The van der Waals surface area contributed by atoms with Crippen LogP contribution in [0.3, 0.4) is 0 Å². The molecule has 0 spiro atoms. The molecule has 0 radical (unpaired) electrons. The molecule has 4 aromatic rings. The zero-order chi connectivity index (χ0) is 17.6. The number of pyridine rings is 1. The fourth-order valence-electron chi connectivity index (χ4n) is 3.70. The fraction of sp³-hybridized carbons (Fsp3) is 0.261. The lowest BCUT2D eigenvalue weighted by molar-refractivity contribution is -0.659. The SMILES string of the molecule is Cc1c(-c2c3ccc(CC(C)C)cc3cc[n+]2C)oc2ccccc12. The lowest BCUT2D eigenvalue weighted by Gasteiger charge is -2.08. The summed E-state index contributed by atoms with van der Waals surface area (Å²) in [6.45, 7) is 6.67. The van der Waals surface area contributed by atoms with Gasteiger partial charge in [-0.1, -0.05) is 44.2 Å². The summed E-state index contributed by atoms with van der Waals surface area (Å²) in [6, 6.07) is 17.3. The minimum Gasteiger partial charge on any atom is -0.449 e. The Kier molecular flexibility index (Phi) is 3.84. The highest BCUT2D eigenvalue weighted by Crippen LogP contribution is 2.34. The van der Waals surface area contributed by atoms with Crippen molar-refractivity contribution in [2.45, 2.75) is 27.2 Å². The van der Waals surface area contributed by atoms with Crippen LogP contribution < -0.4 is 4.57 Å². The molecule has 0 aliphatic rings. The third kappa shape index (κ3) is 2.72. The lowest BCUT2D eigenvalue weighted by Crippen LogP contribution is -2.30. The van der Waals surface area contributed by atoms with Crippen LogP contribution >= 0.6 is 0 Å². The largest absolute Gasteiger partial charge is 0.449 e. The molecule has 25 heavy (non-hydrogen) atoms. The zero-order valence-electron chi connectivity index (χ0n) is 15.3. The van der Waals surface area contributed by atoms with E-state index in [1.807, 2.05) is 12.1 Å². The van der Waals surface area contributed by atoms with Crippen LogP contribution in [-0.2, 0) is 13.5 Å². The number of hydrogen-bond acceptors (Lipinski definition) is 1. The van der Waals surface area contributed by atoms with E-state index < -0.39 is 0 Å². The second-order valence-electron chi connectivity index (χ2n) is 7.35. The van der Waals surface area contributed by atoms with Gasteiger partial charge in [0.1, 0.15) is 12.6 Å². The smallest absolute Gasteiger partial charge is 0.256 e.